The number of carbonyl (C=O) groups excluding carboxylic acids is 5. The normalized spacial score (nSPS) is 25.0. The predicted octanol–water partition coefficient (Wildman–Crippen LogP) is 2.03. The number of carbonyl (C=O) groups is 5. The van der Waals surface area contributed by atoms with Crippen LogP contribution in [0.1, 0.15) is 88.0 Å². The Morgan fingerprint density at radius 1 is 0.980 bits per heavy atom. The number of ketones is 1. The van der Waals surface area contributed by atoms with Crippen molar-refractivity contribution in [2.45, 2.75) is 112 Å². The number of urea groups is 1. The number of unbranched alkanes of at least 4 members (excludes halogenated alkanes) is 1. The number of fused-ring (bicyclic) bond motifs is 1. The van der Waals surface area contributed by atoms with E-state index in [4.69, 9.17) is 0 Å². The third kappa shape index (κ3) is 9.24. The quantitative estimate of drug-likeness (QED) is 0.157. The highest BCUT2D eigenvalue weighted by molar-refractivity contribution is 7.86. The summed E-state index contributed by atoms with van der Waals surface area (Å²) in [5.41, 5.74) is -1.51. The summed E-state index contributed by atoms with van der Waals surface area (Å²) in [5, 5.41) is 11.1. The molecule has 4 N–H and O–H groups in total. The van der Waals surface area contributed by atoms with Gasteiger partial charge in [-0.2, -0.15) is 17.0 Å². The van der Waals surface area contributed by atoms with E-state index >= 15 is 0 Å². The molecule has 3 rings (SSSR count). The van der Waals surface area contributed by atoms with Gasteiger partial charge in [0, 0.05) is 45.8 Å². The molecule has 14 nitrogen and oxygen atoms in total. The van der Waals surface area contributed by atoms with E-state index < -0.39 is 74.7 Å². The average Bonchev–Trinajstić information content (AvgIpc) is 3.32. The Bertz CT molecular complexity index is 1420. The zero-order chi connectivity index (χ0) is 38.0. The molecule has 3 fully saturated rings. The monoisotopic (exact) mass is 723 g/mol. The summed E-state index contributed by atoms with van der Waals surface area (Å²) in [6.07, 6.45) is 3.76. The second-order valence-corrected chi connectivity index (χ2v) is 18.9. The van der Waals surface area contributed by atoms with Gasteiger partial charge in [0.25, 0.3) is 16.1 Å². The molecule has 2 heterocycles. The lowest BCUT2D eigenvalue weighted by molar-refractivity contribution is -0.145. The van der Waals surface area contributed by atoms with Crippen molar-refractivity contribution in [2.75, 3.05) is 39.8 Å². The van der Waals surface area contributed by atoms with Crippen molar-refractivity contribution >= 4 is 39.7 Å². The Balaban J connectivity index is 1.83. The van der Waals surface area contributed by atoms with E-state index in [1.54, 1.807) is 0 Å². The van der Waals surface area contributed by atoms with Gasteiger partial charge in [-0.3, -0.25) is 19.2 Å². The molecule has 0 aromatic rings. The Morgan fingerprint density at radius 2 is 1.62 bits per heavy atom. The van der Waals surface area contributed by atoms with Crippen molar-refractivity contribution in [3.63, 3.8) is 0 Å². The summed E-state index contributed by atoms with van der Waals surface area (Å²) in [6.45, 7) is 22.1. The minimum atomic E-state index is -3.67. The van der Waals surface area contributed by atoms with Gasteiger partial charge in [-0.25, -0.2) is 4.79 Å². The third-order valence-corrected chi connectivity index (χ3v) is 12.6. The molecule has 2 saturated heterocycles. The van der Waals surface area contributed by atoms with Crippen LogP contribution in [0, 0.1) is 28.1 Å². The molecule has 284 valence electrons. The van der Waals surface area contributed by atoms with Gasteiger partial charge in [0.1, 0.15) is 12.1 Å². The number of piperidine rings is 1. The van der Waals surface area contributed by atoms with Gasteiger partial charge in [-0.05, 0) is 40.9 Å². The lowest BCUT2D eigenvalue weighted by Crippen LogP contribution is -2.63. The lowest BCUT2D eigenvalue weighted by atomic mass is 9.85. The zero-order valence-electron chi connectivity index (χ0n) is 31.7. The summed E-state index contributed by atoms with van der Waals surface area (Å²) < 4.78 is 28.7. The Morgan fingerprint density at radius 3 is 2.18 bits per heavy atom. The fraction of sp³-hybridized carbons (Fsp3) is 0.800. The number of Topliss-reactive ketones (excluding diaryl/α,β-unsaturated/α-hetero) is 1. The van der Waals surface area contributed by atoms with E-state index in [0.29, 0.717) is 32.5 Å². The molecular weight excluding hydrogens is 662 g/mol. The van der Waals surface area contributed by atoms with Gasteiger partial charge in [0.15, 0.2) is 0 Å². The molecule has 15 heteroatoms. The second-order valence-electron chi connectivity index (χ2n) is 16.8. The molecule has 50 heavy (non-hydrogen) atoms. The SMILES string of the molecule is C=CCNC(=O)C(=O)C(CCCC)NC(=O)C1[C@@H]2[C@H](CN1C(=O)[C@@H](NC(=O)N[C@H](CN1CCCN(C)S1(=O)=O)C(C)(C)C)C(C)(C)C)C2(C)C. The van der Waals surface area contributed by atoms with Gasteiger partial charge in [-0.15, -0.1) is 6.58 Å². The first-order chi connectivity index (χ1) is 23.0. The number of likely N-dealkylation sites (tertiary alicyclic amines) is 1. The Labute approximate surface area is 299 Å². The van der Waals surface area contributed by atoms with Gasteiger partial charge >= 0.3 is 6.03 Å². The van der Waals surface area contributed by atoms with Crippen molar-refractivity contribution in [1.82, 2.24) is 34.8 Å². The molecule has 1 aliphatic carbocycles. The standard InChI is InChI=1S/C35H61N7O7S/c1-12-14-16-23(27(43)30(45)36-17-13-2)37-29(44)26-25-22(35(25,9)10)20-42(26)31(46)28(34(6,7)8)39-32(47)38-24(33(3,4)5)21-41-19-15-18-40(11)50(41,48)49/h13,22-26,28H,2,12,14-21H2,1,3-11H3,(H,36,45)(H,37,44)(H2,38,39,47)/t22-,23?,24+,25-,26?,28+/m0/s1. The fourth-order valence-corrected chi connectivity index (χ4v) is 8.58. The summed E-state index contributed by atoms with van der Waals surface area (Å²) >= 11 is 0. The number of hydrogen-bond acceptors (Lipinski definition) is 7. The first-order valence-electron chi connectivity index (χ1n) is 17.8. The van der Waals surface area contributed by atoms with Crippen LogP contribution < -0.4 is 21.3 Å². The van der Waals surface area contributed by atoms with E-state index in [-0.39, 0.29) is 36.8 Å². The Kier molecular flexibility index (Phi) is 13.0. The minimum Gasteiger partial charge on any atom is -0.346 e. The van der Waals surface area contributed by atoms with Crippen molar-refractivity contribution in [2.24, 2.45) is 28.1 Å². The van der Waals surface area contributed by atoms with E-state index in [0.717, 1.165) is 6.42 Å². The largest absolute Gasteiger partial charge is 0.346 e. The summed E-state index contributed by atoms with van der Waals surface area (Å²) in [6, 6.07) is -4.19. The first kappa shape index (κ1) is 41.4. The predicted molar refractivity (Wildman–Crippen MR) is 192 cm³/mol. The lowest BCUT2D eigenvalue weighted by Gasteiger charge is -2.40. The van der Waals surface area contributed by atoms with Crippen LogP contribution in [0.3, 0.4) is 0 Å². The highest BCUT2D eigenvalue weighted by Gasteiger charge is 2.70. The maximum atomic E-state index is 14.4. The second kappa shape index (κ2) is 15.7. The molecule has 0 radical (unpaired) electrons. The van der Waals surface area contributed by atoms with Crippen LogP contribution >= 0.6 is 0 Å². The van der Waals surface area contributed by atoms with Crippen LogP contribution in [0.5, 0.6) is 0 Å². The molecular formula is C35H61N7O7S. The number of nitrogens with zero attached hydrogens (tertiary/aromatic N) is 3. The van der Waals surface area contributed by atoms with Crippen LogP contribution in [0.4, 0.5) is 4.79 Å². The van der Waals surface area contributed by atoms with Crippen molar-refractivity contribution in [3.8, 4) is 0 Å². The van der Waals surface area contributed by atoms with E-state index in [2.05, 4.69) is 27.8 Å². The van der Waals surface area contributed by atoms with Gasteiger partial charge in [0.05, 0.1) is 6.04 Å². The van der Waals surface area contributed by atoms with Gasteiger partial charge < -0.3 is 26.2 Å². The maximum absolute atomic E-state index is 14.4. The molecule has 1 saturated carbocycles. The van der Waals surface area contributed by atoms with Crippen LogP contribution in [-0.2, 0) is 29.4 Å². The van der Waals surface area contributed by atoms with E-state index in [9.17, 15) is 32.4 Å². The zero-order valence-corrected chi connectivity index (χ0v) is 32.5. The number of hydrogen-bond donors (Lipinski definition) is 4. The molecule has 6 atom stereocenters. The van der Waals surface area contributed by atoms with Crippen LogP contribution in [0.15, 0.2) is 12.7 Å². The molecule has 5 amide bonds. The van der Waals surface area contributed by atoms with Crippen molar-refractivity contribution in [3.05, 3.63) is 12.7 Å². The number of nitrogens with one attached hydrogen (secondary N) is 4. The molecule has 2 unspecified atom stereocenters. The molecule has 0 aromatic heterocycles. The summed E-state index contributed by atoms with van der Waals surface area (Å²) in [7, 11) is -2.13. The molecule has 0 bridgehead atoms. The van der Waals surface area contributed by atoms with Crippen LogP contribution in [0.2, 0.25) is 0 Å². The maximum Gasteiger partial charge on any atom is 0.315 e. The number of amides is 5. The average molecular weight is 724 g/mol. The fourth-order valence-electron chi connectivity index (χ4n) is 7.13. The van der Waals surface area contributed by atoms with Crippen LogP contribution in [-0.4, -0.2) is 115 Å². The van der Waals surface area contributed by atoms with Gasteiger partial charge in [-0.1, -0.05) is 81.2 Å². The topological polar surface area (TPSA) is 177 Å². The highest BCUT2D eigenvalue weighted by atomic mass is 32.2. The Hall–Kier alpha value is -3.04. The highest BCUT2D eigenvalue weighted by Crippen LogP contribution is 2.65. The first-order valence-corrected chi connectivity index (χ1v) is 19.2. The summed E-state index contributed by atoms with van der Waals surface area (Å²) in [4.78, 5) is 69.3. The molecule has 3 aliphatic rings. The summed E-state index contributed by atoms with van der Waals surface area (Å²) in [5.74, 6) is -2.60. The third-order valence-electron chi connectivity index (χ3n) is 10.6. The number of rotatable bonds is 14. The van der Waals surface area contributed by atoms with Crippen molar-refractivity contribution < 1.29 is 32.4 Å². The molecule has 2 aliphatic heterocycles. The van der Waals surface area contributed by atoms with Gasteiger partial charge in [0.2, 0.25) is 17.6 Å². The molecule has 0 aromatic carbocycles. The molecule has 0 spiro atoms. The van der Waals surface area contributed by atoms with Crippen LogP contribution in [0.25, 0.3) is 0 Å². The van der Waals surface area contributed by atoms with E-state index in [1.807, 2.05) is 62.3 Å². The van der Waals surface area contributed by atoms with E-state index in [1.165, 1.54) is 26.6 Å². The smallest absolute Gasteiger partial charge is 0.315 e. The minimum absolute atomic E-state index is 0.0484. The van der Waals surface area contributed by atoms with Crippen molar-refractivity contribution in [1.29, 1.82) is 0 Å².